The maximum atomic E-state index is 12.6. The first-order valence-electron chi connectivity index (χ1n) is 22.1. The van der Waals surface area contributed by atoms with Gasteiger partial charge in [-0.2, -0.15) is 0 Å². The van der Waals surface area contributed by atoms with Gasteiger partial charge in [-0.1, -0.05) is 145 Å². The van der Waals surface area contributed by atoms with E-state index in [9.17, 15) is 14.7 Å². The van der Waals surface area contributed by atoms with E-state index in [0.29, 0.717) is 37.2 Å². The highest BCUT2D eigenvalue weighted by Gasteiger charge is 2.33. The number of nitrogen functional groups attached to an aromatic ring is 1. The molecule has 4 rings (SSSR count). The summed E-state index contributed by atoms with van der Waals surface area (Å²) in [5.74, 6) is -0.0644. The molecule has 1 saturated heterocycles. The van der Waals surface area contributed by atoms with Gasteiger partial charge in [-0.3, -0.25) is 9.59 Å². The quantitative estimate of drug-likeness (QED) is 0.0427. The Balaban J connectivity index is 1.29. The van der Waals surface area contributed by atoms with Gasteiger partial charge in [0.2, 0.25) is 11.8 Å². The van der Waals surface area contributed by atoms with Gasteiger partial charge >= 0.3 is 0 Å². The van der Waals surface area contributed by atoms with E-state index in [1.807, 2.05) is 36.4 Å². The number of para-hydroxylation sites is 2. The lowest BCUT2D eigenvalue weighted by Crippen LogP contribution is -2.40. The average molecular weight is 785 g/mol. The van der Waals surface area contributed by atoms with Crippen molar-refractivity contribution in [1.82, 2.24) is 10.2 Å². The van der Waals surface area contributed by atoms with Gasteiger partial charge in [-0.25, -0.2) is 0 Å². The monoisotopic (exact) mass is 785 g/mol. The minimum absolute atomic E-state index is 0.00362. The second-order valence-corrected chi connectivity index (χ2v) is 15.9. The number of nitrogens with two attached hydrogens (primary N) is 1. The number of carbonyl (C=O) groups excluding carboxylic acids is 2. The summed E-state index contributed by atoms with van der Waals surface area (Å²) in [4.78, 5) is 27.5. The minimum Gasteiger partial charge on any atom is -0.397 e. The van der Waals surface area contributed by atoms with E-state index in [1.54, 1.807) is 12.1 Å². The van der Waals surface area contributed by atoms with E-state index < -0.39 is 6.29 Å². The van der Waals surface area contributed by atoms with Crippen molar-refractivity contribution in [2.45, 2.75) is 161 Å². The number of ether oxygens (including phenoxy) is 2. The van der Waals surface area contributed by atoms with E-state index in [-0.39, 0.29) is 30.6 Å². The molecule has 0 bridgehead atoms. The number of amides is 2. The van der Waals surface area contributed by atoms with Crippen LogP contribution < -0.4 is 16.4 Å². The molecule has 0 aliphatic carbocycles. The summed E-state index contributed by atoms with van der Waals surface area (Å²) in [6, 6.07) is 23.5. The van der Waals surface area contributed by atoms with Gasteiger partial charge < -0.3 is 35.8 Å². The number of aliphatic hydroxyl groups is 1. The van der Waals surface area contributed by atoms with E-state index >= 15 is 0 Å². The van der Waals surface area contributed by atoms with Crippen LogP contribution in [0, 0.1) is 0 Å². The molecule has 2 amide bonds. The average Bonchev–Trinajstić information content (AvgIpc) is 3.23. The molecule has 9 nitrogen and oxygen atoms in total. The number of rotatable bonds is 28. The Morgan fingerprint density at radius 2 is 1.25 bits per heavy atom. The molecule has 0 aromatic heterocycles. The summed E-state index contributed by atoms with van der Waals surface area (Å²) in [6.45, 7) is 8.10. The molecule has 5 N–H and O–H groups in total. The molecule has 57 heavy (non-hydrogen) atoms. The number of nitrogens with one attached hydrogen (secondary N) is 2. The Kier molecular flexibility index (Phi) is 21.8. The molecule has 1 aliphatic heterocycles. The van der Waals surface area contributed by atoms with Gasteiger partial charge in [0.25, 0.3) is 0 Å². The molecule has 0 saturated carbocycles. The lowest BCUT2D eigenvalue weighted by molar-refractivity contribution is -0.253. The smallest absolute Gasteiger partial charge is 0.224 e. The van der Waals surface area contributed by atoms with Crippen LogP contribution in [0.25, 0.3) is 0 Å². The number of nitrogens with zero attached hydrogens (tertiary/aromatic N) is 1. The molecule has 9 heteroatoms. The van der Waals surface area contributed by atoms with Crippen molar-refractivity contribution in [3.8, 4) is 0 Å². The van der Waals surface area contributed by atoms with Gasteiger partial charge in [0.05, 0.1) is 30.2 Å². The van der Waals surface area contributed by atoms with Crippen LogP contribution in [0.4, 0.5) is 11.4 Å². The third kappa shape index (κ3) is 17.7. The fourth-order valence-corrected chi connectivity index (χ4v) is 7.50. The predicted octanol–water partition coefficient (Wildman–Crippen LogP) is 10.5. The van der Waals surface area contributed by atoms with Crippen LogP contribution in [0.2, 0.25) is 0 Å². The van der Waals surface area contributed by atoms with Gasteiger partial charge in [0.1, 0.15) is 0 Å². The molecule has 1 fully saturated rings. The molecule has 0 spiro atoms. The van der Waals surface area contributed by atoms with Gasteiger partial charge in [-0.15, -0.1) is 0 Å². The maximum Gasteiger partial charge on any atom is 0.224 e. The van der Waals surface area contributed by atoms with Gasteiger partial charge in [-0.05, 0) is 67.6 Å². The molecule has 3 aromatic rings. The fraction of sp³-hybridized carbons (Fsp3) is 0.583. The second kappa shape index (κ2) is 27.0. The van der Waals surface area contributed by atoms with Crippen LogP contribution in [0.3, 0.4) is 0 Å². The van der Waals surface area contributed by atoms with Gasteiger partial charge in [0, 0.05) is 37.9 Å². The van der Waals surface area contributed by atoms with Crippen LogP contribution in [-0.4, -0.2) is 47.6 Å². The van der Waals surface area contributed by atoms with Crippen molar-refractivity contribution in [2.75, 3.05) is 30.7 Å². The van der Waals surface area contributed by atoms with Crippen molar-refractivity contribution in [3.63, 3.8) is 0 Å². The highest BCUT2D eigenvalue weighted by atomic mass is 16.7. The number of aliphatic hydroxyl groups excluding tert-OH is 1. The zero-order chi connectivity index (χ0) is 40.5. The number of benzene rings is 3. The van der Waals surface area contributed by atoms with Crippen LogP contribution >= 0.6 is 0 Å². The molecule has 0 radical (unpaired) electrons. The molecular weight excluding hydrogens is 713 g/mol. The zero-order valence-electron chi connectivity index (χ0n) is 35.0. The Bertz CT molecular complexity index is 1530. The largest absolute Gasteiger partial charge is 0.397 e. The van der Waals surface area contributed by atoms with Crippen molar-refractivity contribution in [1.29, 1.82) is 0 Å². The van der Waals surface area contributed by atoms with E-state index in [2.05, 4.69) is 53.6 Å². The normalized spacial score (nSPS) is 16.8. The van der Waals surface area contributed by atoms with Crippen LogP contribution in [-0.2, 0) is 32.2 Å². The highest BCUT2D eigenvalue weighted by Crippen LogP contribution is 2.38. The topological polar surface area (TPSA) is 126 Å². The summed E-state index contributed by atoms with van der Waals surface area (Å²) < 4.78 is 13.4. The summed E-state index contributed by atoms with van der Waals surface area (Å²) in [6.07, 6.45) is 18.7. The maximum absolute atomic E-state index is 12.6. The lowest BCUT2D eigenvalue weighted by atomic mass is 9.99. The molecule has 314 valence electrons. The molecule has 0 unspecified atom stereocenters. The molecule has 1 heterocycles. The van der Waals surface area contributed by atoms with Crippen LogP contribution in [0.1, 0.15) is 164 Å². The molecule has 1 aliphatic rings. The first-order valence-corrected chi connectivity index (χ1v) is 22.1. The van der Waals surface area contributed by atoms with Crippen LogP contribution in [0.5, 0.6) is 0 Å². The molecule has 3 atom stereocenters. The summed E-state index contributed by atoms with van der Waals surface area (Å²) in [5, 5.41) is 15.5. The lowest BCUT2D eigenvalue weighted by Gasteiger charge is -2.38. The third-order valence-electron chi connectivity index (χ3n) is 11.0. The fourth-order valence-electron chi connectivity index (χ4n) is 7.50. The zero-order valence-corrected chi connectivity index (χ0v) is 35.0. The standard InChI is InChI=1S/C48H72N4O5/c1-3-5-7-9-11-18-32-52(33-19-12-10-8-6-4-2)36-42-34-45(40-28-26-39(37-53)27-29-40)57-48(56-42)41-30-24-38(25-31-41)35-50-46(54)22-14-13-15-23-47(55)51-44-21-17-16-20-43(44)49/h16-17,20-21,24-31,42,45,48,53H,3-15,18-19,22-23,32-37,49H2,1-2H3,(H,50,54)(H,51,55)/t42-,45+,48+/m1/s1. The number of carbonyl (C=O) groups is 2. The van der Waals surface area contributed by atoms with Gasteiger partial charge in [0.15, 0.2) is 6.29 Å². The van der Waals surface area contributed by atoms with Crippen LogP contribution in [0.15, 0.2) is 72.8 Å². The predicted molar refractivity (Wildman–Crippen MR) is 232 cm³/mol. The second-order valence-electron chi connectivity index (χ2n) is 15.9. The Hall–Kier alpha value is -3.76. The first-order chi connectivity index (χ1) is 27.9. The summed E-state index contributed by atoms with van der Waals surface area (Å²) in [5.41, 5.74) is 11.1. The molecular formula is C48H72N4O5. The van der Waals surface area contributed by atoms with E-state index in [0.717, 1.165) is 61.2 Å². The molecule has 3 aromatic carbocycles. The first kappa shape index (κ1) is 45.9. The van der Waals surface area contributed by atoms with Crippen molar-refractivity contribution in [2.24, 2.45) is 0 Å². The van der Waals surface area contributed by atoms with Crippen molar-refractivity contribution >= 4 is 23.2 Å². The number of unbranched alkanes of at least 4 members (excludes halogenated alkanes) is 12. The summed E-state index contributed by atoms with van der Waals surface area (Å²) in [7, 11) is 0. The Morgan fingerprint density at radius 3 is 1.88 bits per heavy atom. The Labute approximate surface area is 343 Å². The van der Waals surface area contributed by atoms with Crippen molar-refractivity contribution < 1.29 is 24.2 Å². The van der Waals surface area contributed by atoms with Crippen molar-refractivity contribution in [3.05, 3.63) is 95.1 Å². The number of hydrogen-bond acceptors (Lipinski definition) is 7. The third-order valence-corrected chi connectivity index (χ3v) is 11.0. The highest BCUT2D eigenvalue weighted by molar-refractivity contribution is 5.93. The number of anilines is 2. The van der Waals surface area contributed by atoms with E-state index in [4.69, 9.17) is 15.2 Å². The van der Waals surface area contributed by atoms with E-state index in [1.165, 1.54) is 77.0 Å². The summed E-state index contributed by atoms with van der Waals surface area (Å²) >= 11 is 0. The minimum atomic E-state index is -0.507. The number of hydrogen-bond donors (Lipinski definition) is 4. The SMILES string of the molecule is CCCCCCCCN(CCCCCCCC)C[C@H]1C[C@@H](c2ccc(CO)cc2)O[C@@H](c2ccc(CNC(=O)CCCCCC(=O)Nc3ccccc3N)cc2)O1. The Morgan fingerprint density at radius 1 is 0.684 bits per heavy atom.